The second kappa shape index (κ2) is 4.61. The number of aromatic nitrogens is 4. The van der Waals surface area contributed by atoms with Crippen LogP contribution in [0.25, 0.3) is 5.78 Å². The molecule has 7 heteroatoms. The largest absolute Gasteiger partial charge is 0.316 e. The molecule has 0 radical (unpaired) electrons. The number of hydrogen-bond acceptors (Lipinski definition) is 4. The van der Waals surface area contributed by atoms with Crippen molar-refractivity contribution in [3.05, 3.63) is 58.3 Å². The summed E-state index contributed by atoms with van der Waals surface area (Å²) in [5.74, 6) is -0.101. The second-order valence-electron chi connectivity index (χ2n) is 4.32. The zero-order valence-electron chi connectivity index (χ0n) is 10.6. The Morgan fingerprint density at radius 1 is 1.35 bits per heavy atom. The highest BCUT2D eigenvalue weighted by Gasteiger charge is 2.11. The molecule has 2 N–H and O–H groups in total. The van der Waals surface area contributed by atoms with Crippen molar-refractivity contribution in [3.8, 4) is 0 Å². The first kappa shape index (κ1) is 12.1. The quantitative estimate of drug-likeness (QED) is 0.725. The average molecular weight is 269 g/mol. The van der Waals surface area contributed by atoms with Crippen molar-refractivity contribution < 1.29 is 4.79 Å². The number of nitrogens with zero attached hydrogens (tertiary/aromatic N) is 3. The number of H-pyrrole nitrogens is 1. The Morgan fingerprint density at radius 2 is 2.20 bits per heavy atom. The highest BCUT2D eigenvalue weighted by Crippen LogP contribution is 2.07. The Balaban J connectivity index is 1.95. The summed E-state index contributed by atoms with van der Waals surface area (Å²) in [5.41, 5.74) is 1.14. The highest BCUT2D eigenvalue weighted by atomic mass is 16.2. The van der Waals surface area contributed by atoms with Gasteiger partial charge in [-0.3, -0.25) is 14.7 Å². The van der Waals surface area contributed by atoms with Crippen LogP contribution >= 0.6 is 0 Å². The van der Waals surface area contributed by atoms with Crippen LogP contribution in [0.3, 0.4) is 0 Å². The molecule has 0 atom stereocenters. The molecule has 0 fully saturated rings. The Morgan fingerprint density at radius 3 is 3.00 bits per heavy atom. The first-order valence-electron chi connectivity index (χ1n) is 5.94. The van der Waals surface area contributed by atoms with Gasteiger partial charge in [-0.25, -0.2) is 9.97 Å². The predicted molar refractivity (Wildman–Crippen MR) is 72.7 cm³/mol. The molecule has 0 aliphatic carbocycles. The van der Waals surface area contributed by atoms with Crippen LogP contribution in [0.4, 0.5) is 5.69 Å². The van der Waals surface area contributed by atoms with Crippen molar-refractivity contribution in [1.82, 2.24) is 19.6 Å². The second-order valence-corrected chi connectivity index (χ2v) is 4.32. The van der Waals surface area contributed by atoms with Gasteiger partial charge in [-0.1, -0.05) is 17.7 Å². The molecule has 3 aromatic rings. The van der Waals surface area contributed by atoms with Crippen LogP contribution in [0.5, 0.6) is 0 Å². The molecule has 1 aromatic carbocycles. The van der Waals surface area contributed by atoms with Gasteiger partial charge in [-0.2, -0.15) is 4.52 Å². The minimum Gasteiger partial charge on any atom is -0.316 e. The standard InChI is InChI=1S/C13H11N5O2/c1-8-3-2-4-9(5-8)11(19)17-10-6-14-13-15-7-16-18(13)12(10)20/h2-7H,1H3,(H,17,19)(H,14,15,16). The third-order valence-corrected chi connectivity index (χ3v) is 2.84. The lowest BCUT2D eigenvalue weighted by Gasteiger charge is -2.05. The predicted octanol–water partition coefficient (Wildman–Crippen LogP) is 0.978. The van der Waals surface area contributed by atoms with Crippen LogP contribution in [0.1, 0.15) is 15.9 Å². The lowest BCUT2D eigenvalue weighted by molar-refractivity contribution is 0.102. The lowest BCUT2D eigenvalue weighted by Crippen LogP contribution is -2.23. The van der Waals surface area contributed by atoms with E-state index in [2.05, 4.69) is 20.4 Å². The molecule has 0 aliphatic rings. The number of nitrogens with one attached hydrogen (secondary N) is 2. The molecule has 0 bridgehead atoms. The zero-order valence-corrected chi connectivity index (χ0v) is 10.6. The normalized spacial score (nSPS) is 10.7. The van der Waals surface area contributed by atoms with E-state index in [0.29, 0.717) is 5.56 Å². The van der Waals surface area contributed by atoms with Gasteiger partial charge >= 0.3 is 0 Å². The van der Waals surface area contributed by atoms with E-state index in [1.54, 1.807) is 18.2 Å². The van der Waals surface area contributed by atoms with Gasteiger partial charge in [0.15, 0.2) is 0 Å². The summed E-state index contributed by atoms with van der Waals surface area (Å²) in [7, 11) is 0. The smallest absolute Gasteiger partial charge is 0.297 e. The van der Waals surface area contributed by atoms with E-state index < -0.39 is 5.56 Å². The summed E-state index contributed by atoms with van der Waals surface area (Å²) in [5, 5.41) is 5.18. The molecule has 0 saturated heterocycles. The number of carbonyl (C=O) groups is 1. The Hall–Kier alpha value is -2.96. The maximum Gasteiger partial charge on any atom is 0.297 e. The van der Waals surface area contributed by atoms with E-state index in [4.69, 9.17) is 0 Å². The fourth-order valence-electron chi connectivity index (χ4n) is 1.86. The van der Waals surface area contributed by atoms with Gasteiger partial charge in [0, 0.05) is 5.56 Å². The van der Waals surface area contributed by atoms with Crippen LogP contribution < -0.4 is 10.9 Å². The molecular formula is C13H11N5O2. The SMILES string of the molecule is Cc1cccc(C(=O)Nc2cnc3nc[nH]n3c2=O)c1. The van der Waals surface area contributed by atoms with Gasteiger partial charge in [0.2, 0.25) is 0 Å². The van der Waals surface area contributed by atoms with Crippen LogP contribution in [0.2, 0.25) is 0 Å². The molecule has 1 amide bonds. The zero-order chi connectivity index (χ0) is 14.1. The molecule has 2 aromatic heterocycles. The van der Waals surface area contributed by atoms with Crippen molar-refractivity contribution in [3.63, 3.8) is 0 Å². The molecule has 100 valence electrons. The number of hydrogen-bond donors (Lipinski definition) is 2. The number of aryl methyl sites for hydroxylation is 1. The number of carbonyl (C=O) groups excluding carboxylic acids is 1. The van der Waals surface area contributed by atoms with Gasteiger partial charge in [-0.05, 0) is 19.1 Å². The third-order valence-electron chi connectivity index (χ3n) is 2.84. The Labute approximate surface area is 113 Å². The minimum absolute atomic E-state index is 0.0956. The third kappa shape index (κ3) is 2.05. The topological polar surface area (TPSA) is 92.2 Å². The molecule has 7 nitrogen and oxygen atoms in total. The number of benzene rings is 1. The Kier molecular flexibility index (Phi) is 2.79. The van der Waals surface area contributed by atoms with E-state index in [0.717, 1.165) is 10.1 Å². The van der Waals surface area contributed by atoms with Crippen LogP contribution in [-0.4, -0.2) is 25.5 Å². The first-order chi connectivity index (χ1) is 9.65. The van der Waals surface area contributed by atoms with Crippen molar-refractivity contribution in [2.24, 2.45) is 0 Å². The number of anilines is 1. The van der Waals surface area contributed by atoms with Crippen LogP contribution in [0, 0.1) is 6.92 Å². The van der Waals surface area contributed by atoms with E-state index in [1.807, 2.05) is 13.0 Å². The first-order valence-corrected chi connectivity index (χ1v) is 5.94. The van der Waals surface area contributed by atoms with E-state index in [1.165, 1.54) is 12.5 Å². The summed E-state index contributed by atoms with van der Waals surface area (Å²) in [4.78, 5) is 32.0. The molecule has 2 heterocycles. The molecule has 3 rings (SSSR count). The lowest BCUT2D eigenvalue weighted by atomic mass is 10.1. The summed E-state index contributed by atoms with van der Waals surface area (Å²) in [6.07, 6.45) is 2.65. The molecule has 0 aliphatic heterocycles. The van der Waals surface area contributed by atoms with E-state index in [-0.39, 0.29) is 17.4 Å². The molecule has 0 unspecified atom stereocenters. The molecule has 0 spiro atoms. The number of rotatable bonds is 2. The van der Waals surface area contributed by atoms with Gasteiger partial charge in [0.25, 0.3) is 17.2 Å². The molecule has 0 saturated carbocycles. The van der Waals surface area contributed by atoms with Gasteiger partial charge < -0.3 is 5.32 Å². The summed E-state index contributed by atoms with van der Waals surface area (Å²) in [6, 6.07) is 7.11. The number of amides is 1. The summed E-state index contributed by atoms with van der Waals surface area (Å²) < 4.78 is 1.16. The maximum absolute atomic E-state index is 12.1. The van der Waals surface area contributed by atoms with E-state index >= 15 is 0 Å². The highest BCUT2D eigenvalue weighted by molar-refractivity contribution is 6.04. The van der Waals surface area contributed by atoms with Gasteiger partial charge in [0.1, 0.15) is 12.0 Å². The maximum atomic E-state index is 12.1. The monoisotopic (exact) mass is 269 g/mol. The van der Waals surface area contributed by atoms with Crippen LogP contribution in [0.15, 0.2) is 41.6 Å². The average Bonchev–Trinajstić information content (AvgIpc) is 2.91. The fraction of sp³-hybridized carbons (Fsp3) is 0.0769. The van der Waals surface area contributed by atoms with Gasteiger partial charge in [-0.15, -0.1) is 0 Å². The fourth-order valence-corrected chi connectivity index (χ4v) is 1.86. The van der Waals surface area contributed by atoms with Crippen molar-refractivity contribution in [2.45, 2.75) is 6.92 Å². The number of fused-ring (bicyclic) bond motifs is 1. The summed E-state index contributed by atoms with van der Waals surface area (Å²) >= 11 is 0. The van der Waals surface area contributed by atoms with Crippen LogP contribution in [-0.2, 0) is 0 Å². The number of aromatic amines is 1. The minimum atomic E-state index is -0.409. The van der Waals surface area contributed by atoms with Crippen molar-refractivity contribution >= 4 is 17.4 Å². The van der Waals surface area contributed by atoms with Gasteiger partial charge in [0.05, 0.1) is 6.20 Å². The van der Waals surface area contributed by atoms with E-state index in [9.17, 15) is 9.59 Å². The molecule has 20 heavy (non-hydrogen) atoms. The summed E-state index contributed by atoms with van der Waals surface area (Å²) in [6.45, 7) is 1.89. The molecular weight excluding hydrogens is 258 g/mol. The van der Waals surface area contributed by atoms with Crippen molar-refractivity contribution in [2.75, 3.05) is 5.32 Å². The van der Waals surface area contributed by atoms with Crippen molar-refractivity contribution in [1.29, 1.82) is 0 Å². The Bertz CT molecular complexity index is 849.